The highest BCUT2D eigenvalue weighted by Crippen LogP contribution is 2.28. The Labute approximate surface area is 169 Å². The SMILES string of the molecule is CC(C(=O)NC1CCCC1)N1CCN(c2nc(-c3ccc(F)cc3)cs2)CC1. The lowest BCUT2D eigenvalue weighted by molar-refractivity contribution is -0.126. The van der Waals surface area contributed by atoms with Crippen molar-refractivity contribution in [3.8, 4) is 11.3 Å². The van der Waals surface area contributed by atoms with Crippen LogP contribution in [0.25, 0.3) is 11.3 Å². The number of carbonyl (C=O) groups is 1. The van der Waals surface area contributed by atoms with Crippen molar-refractivity contribution < 1.29 is 9.18 Å². The standard InChI is InChI=1S/C21H27FN4OS/c1-15(20(27)23-18-4-2-3-5-18)25-10-12-26(13-11-25)21-24-19(14-28-21)16-6-8-17(22)9-7-16/h6-9,14-15,18H,2-5,10-13H2,1H3,(H,23,27). The van der Waals surface area contributed by atoms with Gasteiger partial charge in [0.05, 0.1) is 11.7 Å². The van der Waals surface area contributed by atoms with Crippen LogP contribution < -0.4 is 10.2 Å². The van der Waals surface area contributed by atoms with Crippen molar-refractivity contribution in [1.29, 1.82) is 0 Å². The largest absolute Gasteiger partial charge is 0.352 e. The molecule has 2 fully saturated rings. The molecule has 2 aliphatic rings. The first-order valence-corrected chi connectivity index (χ1v) is 11.0. The summed E-state index contributed by atoms with van der Waals surface area (Å²) in [6.45, 7) is 5.43. The van der Waals surface area contributed by atoms with Gasteiger partial charge in [-0.2, -0.15) is 0 Å². The zero-order valence-corrected chi connectivity index (χ0v) is 17.1. The smallest absolute Gasteiger partial charge is 0.237 e. The number of rotatable bonds is 5. The molecule has 1 N–H and O–H groups in total. The van der Waals surface area contributed by atoms with Gasteiger partial charge in [0.2, 0.25) is 5.91 Å². The van der Waals surface area contributed by atoms with Crippen LogP contribution in [0.15, 0.2) is 29.6 Å². The molecular weight excluding hydrogens is 375 g/mol. The summed E-state index contributed by atoms with van der Waals surface area (Å²) in [6.07, 6.45) is 4.69. The van der Waals surface area contributed by atoms with Gasteiger partial charge in [-0.1, -0.05) is 12.8 Å². The number of nitrogens with zero attached hydrogens (tertiary/aromatic N) is 3. The molecule has 0 spiro atoms. The number of nitrogens with one attached hydrogen (secondary N) is 1. The summed E-state index contributed by atoms with van der Waals surface area (Å²) >= 11 is 1.62. The van der Waals surface area contributed by atoms with E-state index in [4.69, 9.17) is 4.98 Å². The molecule has 4 rings (SSSR count). The Morgan fingerprint density at radius 1 is 1.18 bits per heavy atom. The Hall–Kier alpha value is -1.99. The van der Waals surface area contributed by atoms with Gasteiger partial charge in [-0.05, 0) is 44.0 Å². The lowest BCUT2D eigenvalue weighted by atomic mass is 10.2. The van der Waals surface area contributed by atoms with Crippen LogP contribution in [0.5, 0.6) is 0 Å². The zero-order chi connectivity index (χ0) is 19.5. The summed E-state index contributed by atoms with van der Waals surface area (Å²) in [6, 6.07) is 6.73. The topological polar surface area (TPSA) is 48.5 Å². The highest BCUT2D eigenvalue weighted by atomic mass is 32.1. The Bertz CT molecular complexity index is 795. The molecule has 28 heavy (non-hydrogen) atoms. The van der Waals surface area contributed by atoms with Gasteiger partial charge in [0.25, 0.3) is 0 Å². The lowest BCUT2D eigenvalue weighted by Crippen LogP contribution is -2.54. The zero-order valence-electron chi connectivity index (χ0n) is 16.2. The van der Waals surface area contributed by atoms with Crippen LogP contribution in [-0.2, 0) is 4.79 Å². The first kappa shape index (κ1) is 19.3. The molecule has 1 atom stereocenters. The number of carbonyl (C=O) groups excluding carboxylic acids is 1. The average Bonchev–Trinajstić information content (AvgIpc) is 3.40. The van der Waals surface area contributed by atoms with Gasteiger partial charge >= 0.3 is 0 Å². The lowest BCUT2D eigenvalue weighted by Gasteiger charge is -2.37. The maximum absolute atomic E-state index is 13.1. The molecule has 5 nitrogen and oxygen atoms in total. The molecule has 1 aliphatic heterocycles. The van der Waals surface area contributed by atoms with E-state index in [1.165, 1.54) is 25.0 Å². The fraction of sp³-hybridized carbons (Fsp3) is 0.524. The van der Waals surface area contributed by atoms with E-state index in [1.807, 2.05) is 12.3 Å². The summed E-state index contributed by atoms with van der Waals surface area (Å²) < 4.78 is 13.1. The van der Waals surface area contributed by atoms with Crippen LogP contribution in [0, 0.1) is 5.82 Å². The minimum absolute atomic E-state index is 0.0891. The fourth-order valence-electron chi connectivity index (χ4n) is 4.02. The molecule has 1 aromatic heterocycles. The summed E-state index contributed by atoms with van der Waals surface area (Å²) in [5.41, 5.74) is 1.81. The van der Waals surface area contributed by atoms with Gasteiger partial charge in [-0.25, -0.2) is 9.37 Å². The first-order valence-electron chi connectivity index (χ1n) is 10.1. The van der Waals surface area contributed by atoms with E-state index in [1.54, 1.807) is 23.5 Å². The fourth-order valence-corrected chi connectivity index (χ4v) is 4.91. The maximum atomic E-state index is 13.1. The summed E-state index contributed by atoms with van der Waals surface area (Å²) in [5, 5.41) is 6.22. The predicted octanol–water partition coefficient (Wildman–Crippen LogP) is 3.52. The number of piperazine rings is 1. The van der Waals surface area contributed by atoms with Crippen molar-refractivity contribution in [1.82, 2.24) is 15.2 Å². The third-order valence-corrected chi connectivity index (χ3v) is 6.75. The molecule has 1 saturated heterocycles. The van der Waals surface area contributed by atoms with E-state index in [0.29, 0.717) is 6.04 Å². The van der Waals surface area contributed by atoms with Crippen LogP contribution in [0.4, 0.5) is 9.52 Å². The Morgan fingerprint density at radius 2 is 1.86 bits per heavy atom. The van der Waals surface area contributed by atoms with Gasteiger partial charge in [0.1, 0.15) is 5.82 Å². The van der Waals surface area contributed by atoms with Gasteiger partial charge in [0.15, 0.2) is 5.13 Å². The van der Waals surface area contributed by atoms with Gasteiger partial charge in [-0.15, -0.1) is 11.3 Å². The number of amides is 1. The highest BCUT2D eigenvalue weighted by molar-refractivity contribution is 7.14. The highest BCUT2D eigenvalue weighted by Gasteiger charge is 2.28. The van der Waals surface area contributed by atoms with Crippen molar-refractivity contribution in [3.63, 3.8) is 0 Å². The number of halogens is 1. The molecule has 2 heterocycles. The molecule has 1 aromatic carbocycles. The van der Waals surface area contributed by atoms with Crippen LogP contribution in [0.1, 0.15) is 32.6 Å². The van der Waals surface area contributed by atoms with Crippen molar-refractivity contribution >= 4 is 22.4 Å². The average molecular weight is 403 g/mol. The predicted molar refractivity (Wildman–Crippen MR) is 111 cm³/mol. The molecule has 1 amide bonds. The van der Waals surface area contributed by atoms with Crippen molar-refractivity contribution in [2.75, 3.05) is 31.1 Å². The summed E-state index contributed by atoms with van der Waals surface area (Å²) in [7, 11) is 0. The van der Waals surface area contributed by atoms with E-state index in [0.717, 1.165) is 55.4 Å². The van der Waals surface area contributed by atoms with E-state index < -0.39 is 0 Å². The molecule has 0 bridgehead atoms. The molecule has 1 aliphatic carbocycles. The number of hydrogen-bond donors (Lipinski definition) is 1. The van der Waals surface area contributed by atoms with Crippen molar-refractivity contribution in [3.05, 3.63) is 35.5 Å². The maximum Gasteiger partial charge on any atom is 0.237 e. The number of anilines is 1. The second-order valence-corrected chi connectivity index (χ2v) is 8.55. The second kappa shape index (κ2) is 8.57. The molecule has 1 unspecified atom stereocenters. The van der Waals surface area contributed by atoms with E-state index >= 15 is 0 Å². The molecule has 0 radical (unpaired) electrons. The number of hydrogen-bond acceptors (Lipinski definition) is 5. The first-order chi connectivity index (χ1) is 13.6. The molecule has 150 valence electrons. The van der Waals surface area contributed by atoms with Crippen LogP contribution in [-0.4, -0.2) is 54.1 Å². The molecule has 7 heteroatoms. The summed E-state index contributed by atoms with van der Waals surface area (Å²) in [4.78, 5) is 21.8. The van der Waals surface area contributed by atoms with E-state index in [9.17, 15) is 9.18 Å². The van der Waals surface area contributed by atoms with Crippen molar-refractivity contribution in [2.45, 2.75) is 44.7 Å². The van der Waals surface area contributed by atoms with E-state index in [-0.39, 0.29) is 17.8 Å². The minimum Gasteiger partial charge on any atom is -0.352 e. The second-order valence-electron chi connectivity index (χ2n) is 7.71. The van der Waals surface area contributed by atoms with Crippen LogP contribution in [0.3, 0.4) is 0 Å². The molecule has 1 saturated carbocycles. The van der Waals surface area contributed by atoms with Crippen molar-refractivity contribution in [2.24, 2.45) is 0 Å². The van der Waals surface area contributed by atoms with Gasteiger partial charge in [0, 0.05) is 43.2 Å². The number of aromatic nitrogens is 1. The molecule has 2 aromatic rings. The Balaban J connectivity index is 1.31. The van der Waals surface area contributed by atoms with Gasteiger partial charge < -0.3 is 10.2 Å². The minimum atomic E-state index is -0.235. The third-order valence-electron chi connectivity index (χ3n) is 5.85. The summed E-state index contributed by atoms with van der Waals surface area (Å²) in [5.74, 6) is -0.0744. The third kappa shape index (κ3) is 4.36. The number of thiazole rings is 1. The van der Waals surface area contributed by atoms with E-state index in [2.05, 4.69) is 15.1 Å². The van der Waals surface area contributed by atoms with Crippen LogP contribution >= 0.6 is 11.3 Å². The Kier molecular flexibility index (Phi) is 5.92. The normalized spacial score (nSPS) is 19.7. The van der Waals surface area contributed by atoms with Crippen LogP contribution in [0.2, 0.25) is 0 Å². The monoisotopic (exact) mass is 402 g/mol. The molecular formula is C21H27FN4OS. The quantitative estimate of drug-likeness (QED) is 0.831. The Morgan fingerprint density at radius 3 is 2.54 bits per heavy atom. The van der Waals surface area contributed by atoms with Gasteiger partial charge in [-0.3, -0.25) is 9.69 Å². The number of benzene rings is 1.